The summed E-state index contributed by atoms with van der Waals surface area (Å²) in [5, 5.41) is 6.46. The van der Waals surface area contributed by atoms with E-state index in [9.17, 15) is 21.6 Å². The number of ether oxygens (including phenoxy) is 1. The second-order valence-electron chi connectivity index (χ2n) is 9.29. The molecule has 38 heavy (non-hydrogen) atoms. The zero-order valence-electron chi connectivity index (χ0n) is 20.9. The predicted octanol–water partition coefficient (Wildman–Crippen LogP) is 4.63. The van der Waals surface area contributed by atoms with E-state index in [0.717, 1.165) is 48.4 Å². The second-order valence-corrected chi connectivity index (χ2v) is 12.5. The molecule has 1 fully saturated rings. The Bertz CT molecular complexity index is 1440. The standard InChI is InChI=1S/C25H28F3N5O3S2/c1-3-16-10-17(33-7-6-29-12-15(33)2)4-5-19(16)31-24-30-13-18(25(26,27)28)23(32-24)20-11-22-21(37-20)14-36-8-9-38(22,34)35/h4-5,10-11,13,15,29H,3,6-9,12,14H2,1-2H3,(H,30,31,32)/t15-/m1/s1. The molecule has 2 aromatic heterocycles. The van der Waals surface area contributed by atoms with E-state index in [0.29, 0.717) is 23.0 Å². The molecule has 0 aliphatic carbocycles. The molecule has 0 unspecified atom stereocenters. The van der Waals surface area contributed by atoms with Gasteiger partial charge in [-0.15, -0.1) is 11.3 Å². The van der Waals surface area contributed by atoms with Gasteiger partial charge in [-0.2, -0.15) is 13.2 Å². The Balaban J connectivity index is 1.51. The Morgan fingerprint density at radius 2 is 2.11 bits per heavy atom. The summed E-state index contributed by atoms with van der Waals surface area (Å²) in [5.74, 6) is -0.227. The first-order valence-corrected chi connectivity index (χ1v) is 14.8. The van der Waals surface area contributed by atoms with Crippen molar-refractivity contribution in [3.63, 3.8) is 0 Å². The molecule has 2 aliphatic heterocycles. The number of thiophene rings is 1. The summed E-state index contributed by atoms with van der Waals surface area (Å²) >= 11 is 0.942. The molecule has 1 saturated heterocycles. The van der Waals surface area contributed by atoms with Crippen molar-refractivity contribution in [2.75, 3.05) is 42.2 Å². The molecule has 2 N–H and O–H groups in total. The molecule has 2 aliphatic rings. The van der Waals surface area contributed by atoms with Crippen molar-refractivity contribution in [1.82, 2.24) is 15.3 Å². The highest BCUT2D eigenvalue weighted by atomic mass is 32.2. The van der Waals surface area contributed by atoms with Gasteiger partial charge in [-0.05, 0) is 43.2 Å². The Labute approximate surface area is 223 Å². The third-order valence-electron chi connectivity index (χ3n) is 6.71. The monoisotopic (exact) mass is 567 g/mol. The first-order chi connectivity index (χ1) is 18.1. The summed E-state index contributed by atoms with van der Waals surface area (Å²) in [6.45, 7) is 6.90. The zero-order chi connectivity index (χ0) is 27.1. The minimum Gasteiger partial charge on any atom is -0.375 e. The van der Waals surface area contributed by atoms with Crippen LogP contribution < -0.4 is 15.5 Å². The van der Waals surface area contributed by atoms with Crippen LogP contribution in [0.5, 0.6) is 0 Å². The topological polar surface area (TPSA) is 96.5 Å². The lowest BCUT2D eigenvalue weighted by molar-refractivity contribution is -0.137. The number of piperazine rings is 1. The lowest BCUT2D eigenvalue weighted by atomic mass is 10.1. The van der Waals surface area contributed by atoms with E-state index in [4.69, 9.17) is 4.74 Å². The van der Waals surface area contributed by atoms with Crippen LogP contribution in [0.15, 0.2) is 35.4 Å². The number of rotatable bonds is 5. The molecule has 1 aromatic carbocycles. The number of fused-ring (bicyclic) bond motifs is 1. The van der Waals surface area contributed by atoms with Gasteiger partial charge in [-0.3, -0.25) is 0 Å². The van der Waals surface area contributed by atoms with E-state index in [1.54, 1.807) is 0 Å². The number of halogens is 3. The van der Waals surface area contributed by atoms with E-state index in [1.165, 1.54) is 6.07 Å². The number of hydrogen-bond donors (Lipinski definition) is 2. The molecular weight excluding hydrogens is 539 g/mol. The average Bonchev–Trinajstić information content (AvgIpc) is 3.26. The van der Waals surface area contributed by atoms with E-state index in [-0.39, 0.29) is 40.4 Å². The highest BCUT2D eigenvalue weighted by Crippen LogP contribution is 2.42. The van der Waals surface area contributed by atoms with Gasteiger partial charge in [0, 0.05) is 48.1 Å². The minimum atomic E-state index is -4.72. The van der Waals surface area contributed by atoms with Crippen LogP contribution in [0.25, 0.3) is 10.6 Å². The normalized spacial score (nSPS) is 19.6. The van der Waals surface area contributed by atoms with Gasteiger partial charge in [0.15, 0.2) is 9.84 Å². The summed E-state index contributed by atoms with van der Waals surface area (Å²) < 4.78 is 72.3. The summed E-state index contributed by atoms with van der Waals surface area (Å²) in [6.07, 6.45) is -3.29. The lowest BCUT2D eigenvalue weighted by Gasteiger charge is -2.36. The highest BCUT2D eigenvalue weighted by Gasteiger charge is 2.37. The fourth-order valence-electron chi connectivity index (χ4n) is 4.69. The number of nitrogens with zero attached hydrogens (tertiary/aromatic N) is 3. The van der Waals surface area contributed by atoms with Gasteiger partial charge >= 0.3 is 6.18 Å². The summed E-state index contributed by atoms with van der Waals surface area (Å²) in [5.41, 5.74) is 1.36. The van der Waals surface area contributed by atoms with Crippen molar-refractivity contribution in [3.05, 3.63) is 46.5 Å². The van der Waals surface area contributed by atoms with E-state index in [2.05, 4.69) is 38.5 Å². The molecule has 5 rings (SSSR count). The summed E-state index contributed by atoms with van der Waals surface area (Å²) in [4.78, 5) is 11.0. The van der Waals surface area contributed by atoms with Crippen molar-refractivity contribution < 1.29 is 26.3 Å². The largest absolute Gasteiger partial charge is 0.420 e. The van der Waals surface area contributed by atoms with E-state index in [1.807, 2.05) is 19.1 Å². The third-order valence-corrected chi connectivity index (χ3v) is 9.69. The molecule has 0 bridgehead atoms. The van der Waals surface area contributed by atoms with Gasteiger partial charge in [0.25, 0.3) is 0 Å². The van der Waals surface area contributed by atoms with Crippen LogP contribution in [-0.4, -0.2) is 56.4 Å². The quantitative estimate of drug-likeness (QED) is 0.461. The maximum Gasteiger partial charge on any atom is 0.420 e. The van der Waals surface area contributed by atoms with Crippen LogP contribution in [0.1, 0.15) is 29.9 Å². The Morgan fingerprint density at radius 3 is 2.84 bits per heavy atom. The van der Waals surface area contributed by atoms with Crippen LogP contribution in [0.2, 0.25) is 0 Å². The van der Waals surface area contributed by atoms with Crippen LogP contribution >= 0.6 is 11.3 Å². The molecule has 0 radical (unpaired) electrons. The number of anilines is 3. The van der Waals surface area contributed by atoms with Gasteiger partial charge in [0.05, 0.1) is 34.4 Å². The van der Waals surface area contributed by atoms with E-state index >= 15 is 0 Å². The molecule has 3 aromatic rings. The van der Waals surface area contributed by atoms with Crippen molar-refractivity contribution in [2.24, 2.45) is 0 Å². The van der Waals surface area contributed by atoms with Gasteiger partial charge in [0.2, 0.25) is 5.95 Å². The van der Waals surface area contributed by atoms with Crippen LogP contribution in [0.3, 0.4) is 0 Å². The number of aromatic nitrogens is 2. The molecule has 204 valence electrons. The number of hydrogen-bond acceptors (Lipinski definition) is 9. The summed E-state index contributed by atoms with van der Waals surface area (Å²) in [6, 6.07) is 7.56. The fraction of sp³-hybridized carbons (Fsp3) is 0.440. The summed E-state index contributed by atoms with van der Waals surface area (Å²) in [7, 11) is -3.66. The SMILES string of the molecule is CCc1cc(N2CCNC[C@H]2C)ccc1Nc1ncc(C(F)(F)F)c(-c2cc3c(s2)COCCS3(=O)=O)n1. The molecule has 0 spiro atoms. The maximum atomic E-state index is 13.9. The van der Waals surface area contributed by atoms with Crippen LogP contribution in [-0.2, 0) is 33.8 Å². The number of aryl methyl sites for hydroxylation is 1. The molecule has 0 saturated carbocycles. The first-order valence-electron chi connectivity index (χ1n) is 12.3. The Morgan fingerprint density at radius 1 is 1.29 bits per heavy atom. The van der Waals surface area contributed by atoms with Crippen molar-refractivity contribution >= 4 is 38.5 Å². The molecule has 4 heterocycles. The lowest BCUT2D eigenvalue weighted by Crippen LogP contribution is -2.49. The number of alkyl halides is 3. The maximum absolute atomic E-state index is 13.9. The highest BCUT2D eigenvalue weighted by molar-refractivity contribution is 7.91. The van der Waals surface area contributed by atoms with Crippen LogP contribution in [0.4, 0.5) is 30.5 Å². The second kappa shape index (κ2) is 10.4. The van der Waals surface area contributed by atoms with Crippen molar-refractivity contribution in [2.45, 2.75) is 44.0 Å². The molecule has 8 nitrogen and oxygen atoms in total. The van der Waals surface area contributed by atoms with Gasteiger partial charge < -0.3 is 20.3 Å². The molecular formula is C25H28F3N5O3S2. The zero-order valence-corrected chi connectivity index (χ0v) is 22.6. The smallest absolute Gasteiger partial charge is 0.375 e. The van der Waals surface area contributed by atoms with Crippen molar-refractivity contribution in [3.8, 4) is 10.6 Å². The molecule has 13 heteroatoms. The number of sulfone groups is 1. The Hall–Kier alpha value is -2.74. The van der Waals surface area contributed by atoms with Gasteiger partial charge in [0.1, 0.15) is 5.56 Å². The number of benzene rings is 1. The third kappa shape index (κ3) is 5.37. The predicted molar refractivity (Wildman–Crippen MR) is 141 cm³/mol. The minimum absolute atomic E-state index is 0.00208. The number of nitrogens with one attached hydrogen (secondary N) is 2. The average molecular weight is 568 g/mol. The van der Waals surface area contributed by atoms with Crippen molar-refractivity contribution in [1.29, 1.82) is 0 Å². The first kappa shape index (κ1) is 26.9. The van der Waals surface area contributed by atoms with Crippen LogP contribution in [0, 0.1) is 0 Å². The van der Waals surface area contributed by atoms with Gasteiger partial charge in [-0.25, -0.2) is 18.4 Å². The van der Waals surface area contributed by atoms with E-state index < -0.39 is 21.6 Å². The van der Waals surface area contributed by atoms with Gasteiger partial charge in [-0.1, -0.05) is 6.92 Å². The Kier molecular flexibility index (Phi) is 7.37. The molecule has 1 atom stereocenters. The molecule has 0 amide bonds. The fourth-order valence-corrected chi connectivity index (χ4v) is 7.53.